The van der Waals surface area contributed by atoms with Crippen LogP contribution < -0.4 is 15.4 Å². The first-order chi connectivity index (χ1) is 9.60. The van der Waals surface area contributed by atoms with E-state index in [0.717, 1.165) is 11.0 Å². The first-order valence-electron chi connectivity index (χ1n) is 6.31. The fraction of sp³-hybridized carbons (Fsp3) is 0.500. The molecule has 0 aromatic heterocycles. The molecule has 0 aliphatic heterocycles. The molecule has 0 atom stereocenters. The summed E-state index contributed by atoms with van der Waals surface area (Å²) in [6.07, 6.45) is -4.40. The monoisotopic (exact) mass is 325 g/mol. The van der Waals surface area contributed by atoms with E-state index in [-0.39, 0.29) is 29.4 Å². The second-order valence-electron chi connectivity index (χ2n) is 4.35. The average Bonchev–Trinajstić information content (AvgIpc) is 2.35. The van der Waals surface area contributed by atoms with E-state index in [4.69, 9.17) is 5.73 Å². The van der Waals surface area contributed by atoms with Gasteiger partial charge in [0.05, 0.1) is 16.3 Å². The lowest BCUT2D eigenvalue weighted by atomic mass is 10.2. The maximum Gasteiger partial charge on any atom is 0.405 e. The molecule has 0 saturated heterocycles. The highest BCUT2D eigenvalue weighted by molar-refractivity contribution is 7.89. The van der Waals surface area contributed by atoms with Crippen molar-refractivity contribution in [2.75, 3.05) is 30.3 Å². The van der Waals surface area contributed by atoms with Crippen LogP contribution >= 0.6 is 0 Å². The number of nitrogen functional groups attached to an aromatic ring is 1. The van der Waals surface area contributed by atoms with E-state index in [1.807, 2.05) is 0 Å². The standard InChI is InChI=1S/C12H18F3N3O2S/c1-3-17-21(19,20)9-5-6-10(16)11(7-9)18(4-2)8-12(13,14)15/h5-7,17H,3-4,8,16H2,1-2H3. The third kappa shape index (κ3) is 4.78. The largest absolute Gasteiger partial charge is 0.405 e. The highest BCUT2D eigenvalue weighted by atomic mass is 32.2. The molecular weight excluding hydrogens is 307 g/mol. The number of hydrogen-bond acceptors (Lipinski definition) is 4. The average molecular weight is 325 g/mol. The van der Waals surface area contributed by atoms with Crippen molar-refractivity contribution in [3.63, 3.8) is 0 Å². The van der Waals surface area contributed by atoms with E-state index >= 15 is 0 Å². The van der Waals surface area contributed by atoms with Crippen LogP contribution in [0, 0.1) is 0 Å². The van der Waals surface area contributed by atoms with E-state index in [1.165, 1.54) is 19.1 Å². The van der Waals surface area contributed by atoms with E-state index in [1.54, 1.807) is 6.92 Å². The smallest absolute Gasteiger partial charge is 0.397 e. The van der Waals surface area contributed by atoms with Gasteiger partial charge >= 0.3 is 6.18 Å². The zero-order chi connectivity index (χ0) is 16.3. The third-order valence-electron chi connectivity index (χ3n) is 2.74. The molecule has 0 radical (unpaired) electrons. The van der Waals surface area contributed by atoms with E-state index < -0.39 is 22.7 Å². The minimum Gasteiger partial charge on any atom is -0.397 e. The number of halogens is 3. The van der Waals surface area contributed by atoms with Crippen LogP contribution in [0.2, 0.25) is 0 Å². The molecule has 0 aliphatic rings. The Morgan fingerprint density at radius 3 is 2.38 bits per heavy atom. The molecule has 21 heavy (non-hydrogen) atoms. The minimum absolute atomic E-state index is 0.0498. The third-order valence-corrected chi connectivity index (χ3v) is 4.28. The Kier molecular flexibility index (Phi) is 5.46. The van der Waals surface area contributed by atoms with Crippen molar-refractivity contribution >= 4 is 21.4 Å². The number of benzene rings is 1. The summed E-state index contributed by atoms with van der Waals surface area (Å²) in [5.74, 6) is 0. The molecule has 1 aromatic carbocycles. The fourth-order valence-corrected chi connectivity index (χ4v) is 2.88. The summed E-state index contributed by atoms with van der Waals surface area (Å²) in [7, 11) is -3.75. The Bertz CT molecular complexity index is 588. The summed E-state index contributed by atoms with van der Waals surface area (Å²) in [5.41, 5.74) is 5.82. The SMILES string of the molecule is CCNS(=O)(=O)c1ccc(N)c(N(CC)CC(F)(F)F)c1. The topological polar surface area (TPSA) is 75.4 Å². The predicted octanol–water partition coefficient (Wildman–Crippen LogP) is 1.96. The predicted molar refractivity (Wildman–Crippen MR) is 75.7 cm³/mol. The van der Waals surface area contributed by atoms with Crippen molar-refractivity contribution in [1.82, 2.24) is 4.72 Å². The summed E-state index contributed by atoms with van der Waals surface area (Å²) in [4.78, 5) is 0.870. The van der Waals surface area contributed by atoms with Crippen LogP contribution in [0.4, 0.5) is 24.5 Å². The van der Waals surface area contributed by atoms with Crippen molar-refractivity contribution in [3.05, 3.63) is 18.2 Å². The molecule has 0 aliphatic carbocycles. The molecule has 0 unspecified atom stereocenters. The van der Waals surface area contributed by atoms with E-state index in [9.17, 15) is 21.6 Å². The highest BCUT2D eigenvalue weighted by Crippen LogP contribution is 2.29. The van der Waals surface area contributed by atoms with Gasteiger partial charge < -0.3 is 10.6 Å². The number of sulfonamides is 1. The van der Waals surface area contributed by atoms with E-state index in [0.29, 0.717) is 0 Å². The van der Waals surface area contributed by atoms with Crippen LogP contribution in [-0.2, 0) is 10.0 Å². The second-order valence-corrected chi connectivity index (χ2v) is 6.12. The van der Waals surface area contributed by atoms with Crippen LogP contribution in [-0.4, -0.2) is 34.2 Å². The van der Waals surface area contributed by atoms with Gasteiger partial charge in [0, 0.05) is 13.1 Å². The second kappa shape index (κ2) is 6.52. The van der Waals surface area contributed by atoms with Gasteiger partial charge in [0.25, 0.3) is 0 Å². The first-order valence-corrected chi connectivity index (χ1v) is 7.80. The van der Waals surface area contributed by atoms with Crippen molar-refractivity contribution in [1.29, 1.82) is 0 Å². The van der Waals surface area contributed by atoms with Gasteiger partial charge in [-0.2, -0.15) is 13.2 Å². The van der Waals surface area contributed by atoms with Crippen LogP contribution in [0.5, 0.6) is 0 Å². The van der Waals surface area contributed by atoms with Gasteiger partial charge in [0.15, 0.2) is 0 Å². The van der Waals surface area contributed by atoms with Crippen LogP contribution in [0.15, 0.2) is 23.1 Å². The zero-order valence-electron chi connectivity index (χ0n) is 11.7. The van der Waals surface area contributed by atoms with Gasteiger partial charge in [-0.25, -0.2) is 13.1 Å². The maximum absolute atomic E-state index is 12.6. The van der Waals surface area contributed by atoms with Crippen LogP contribution in [0.3, 0.4) is 0 Å². The summed E-state index contributed by atoms with van der Waals surface area (Å²) < 4.78 is 63.7. The summed E-state index contributed by atoms with van der Waals surface area (Å²) in [6.45, 7) is 2.18. The van der Waals surface area contributed by atoms with Gasteiger partial charge in [0.2, 0.25) is 10.0 Å². The van der Waals surface area contributed by atoms with Crippen LogP contribution in [0.1, 0.15) is 13.8 Å². The molecule has 0 saturated carbocycles. The normalized spacial score (nSPS) is 12.4. The lowest BCUT2D eigenvalue weighted by molar-refractivity contribution is -0.119. The number of anilines is 2. The molecule has 0 heterocycles. The summed E-state index contributed by atoms with van der Waals surface area (Å²) in [6, 6.07) is 3.71. The van der Waals surface area contributed by atoms with Crippen molar-refractivity contribution in [3.8, 4) is 0 Å². The maximum atomic E-state index is 12.6. The van der Waals surface area contributed by atoms with Gasteiger partial charge in [-0.05, 0) is 25.1 Å². The molecule has 0 amide bonds. The Labute approximate surface area is 122 Å². The minimum atomic E-state index is -4.40. The Morgan fingerprint density at radius 2 is 1.90 bits per heavy atom. The van der Waals surface area contributed by atoms with Gasteiger partial charge in [-0.3, -0.25) is 0 Å². The van der Waals surface area contributed by atoms with Crippen molar-refractivity contribution in [2.24, 2.45) is 0 Å². The molecule has 0 bridgehead atoms. The number of nitrogens with two attached hydrogens (primary N) is 1. The Morgan fingerprint density at radius 1 is 1.29 bits per heavy atom. The summed E-state index contributed by atoms with van der Waals surface area (Å²) >= 11 is 0. The Hall–Kier alpha value is -1.48. The molecule has 1 aromatic rings. The first kappa shape index (κ1) is 17.6. The molecule has 0 fully saturated rings. The molecule has 5 nitrogen and oxygen atoms in total. The van der Waals surface area contributed by atoms with Crippen molar-refractivity contribution in [2.45, 2.75) is 24.9 Å². The number of alkyl halides is 3. The lowest BCUT2D eigenvalue weighted by Gasteiger charge is -2.26. The molecule has 120 valence electrons. The summed E-state index contributed by atoms with van der Waals surface area (Å²) in [5, 5.41) is 0. The quantitative estimate of drug-likeness (QED) is 0.784. The van der Waals surface area contributed by atoms with Crippen LogP contribution in [0.25, 0.3) is 0 Å². The Balaban J connectivity index is 3.23. The molecule has 9 heteroatoms. The van der Waals surface area contributed by atoms with Gasteiger partial charge in [0.1, 0.15) is 6.54 Å². The zero-order valence-corrected chi connectivity index (χ0v) is 12.6. The van der Waals surface area contributed by atoms with Gasteiger partial charge in [-0.1, -0.05) is 6.92 Å². The fourth-order valence-electron chi connectivity index (χ4n) is 1.82. The molecule has 3 N–H and O–H groups in total. The van der Waals surface area contributed by atoms with Crippen molar-refractivity contribution < 1.29 is 21.6 Å². The highest BCUT2D eigenvalue weighted by Gasteiger charge is 2.31. The molecule has 0 spiro atoms. The number of hydrogen-bond donors (Lipinski definition) is 2. The number of rotatable bonds is 6. The number of nitrogens with zero attached hydrogens (tertiary/aromatic N) is 1. The molecular formula is C12H18F3N3O2S. The lowest BCUT2D eigenvalue weighted by Crippen LogP contribution is -2.34. The van der Waals surface area contributed by atoms with Gasteiger partial charge in [-0.15, -0.1) is 0 Å². The number of nitrogens with one attached hydrogen (secondary N) is 1. The van der Waals surface area contributed by atoms with E-state index in [2.05, 4.69) is 4.72 Å². The molecule has 1 rings (SSSR count).